The lowest BCUT2D eigenvalue weighted by Gasteiger charge is -2.13. The highest BCUT2D eigenvalue weighted by Crippen LogP contribution is 2.24. The van der Waals surface area contributed by atoms with Crippen LogP contribution in [0.25, 0.3) is 10.9 Å². The molecule has 0 saturated carbocycles. The minimum absolute atomic E-state index is 0.0797. The van der Waals surface area contributed by atoms with E-state index in [1.54, 1.807) is 0 Å². The first kappa shape index (κ1) is 16.9. The van der Waals surface area contributed by atoms with E-state index in [2.05, 4.69) is 20.6 Å². The molecule has 25 heavy (non-hydrogen) atoms. The van der Waals surface area contributed by atoms with Gasteiger partial charge in [0.15, 0.2) is 0 Å². The maximum atomic E-state index is 12.4. The van der Waals surface area contributed by atoms with E-state index in [0.29, 0.717) is 5.82 Å². The van der Waals surface area contributed by atoms with Crippen molar-refractivity contribution >= 4 is 28.3 Å². The number of amides is 1. The molecule has 0 fully saturated rings. The smallest absolute Gasteiger partial charge is 0.289 e. The number of nitrogens with one attached hydrogen (secondary N) is 2. The molecule has 2 aromatic carbocycles. The zero-order valence-corrected chi connectivity index (χ0v) is 14.7. The first-order valence-electron chi connectivity index (χ1n) is 8.48. The molecule has 1 heterocycles. The normalized spacial score (nSPS) is 12.0. The Bertz CT molecular complexity index is 890. The lowest BCUT2D eigenvalue weighted by atomic mass is 10.2. The van der Waals surface area contributed by atoms with Crippen molar-refractivity contribution in [1.29, 1.82) is 0 Å². The molecule has 0 radical (unpaired) electrons. The zero-order chi connectivity index (χ0) is 17.8. The molecule has 1 amide bonds. The van der Waals surface area contributed by atoms with Gasteiger partial charge < -0.3 is 10.6 Å². The van der Waals surface area contributed by atoms with Crippen molar-refractivity contribution in [1.82, 2.24) is 15.3 Å². The predicted molar refractivity (Wildman–Crippen MR) is 101 cm³/mol. The molecule has 5 heteroatoms. The van der Waals surface area contributed by atoms with Crippen molar-refractivity contribution < 1.29 is 4.79 Å². The second-order valence-electron chi connectivity index (χ2n) is 6.19. The summed E-state index contributed by atoms with van der Waals surface area (Å²) in [6, 6.07) is 15.8. The van der Waals surface area contributed by atoms with E-state index in [9.17, 15) is 4.79 Å². The van der Waals surface area contributed by atoms with Crippen LogP contribution in [0.4, 0.5) is 11.5 Å². The van der Waals surface area contributed by atoms with E-state index in [0.717, 1.165) is 23.0 Å². The zero-order valence-electron chi connectivity index (χ0n) is 14.7. The average molecular weight is 334 g/mol. The van der Waals surface area contributed by atoms with Gasteiger partial charge in [-0.3, -0.25) is 4.79 Å². The van der Waals surface area contributed by atoms with E-state index in [-0.39, 0.29) is 17.8 Å². The first-order chi connectivity index (χ1) is 12.1. The highest BCUT2D eigenvalue weighted by molar-refractivity contribution is 5.97. The van der Waals surface area contributed by atoms with E-state index in [4.69, 9.17) is 0 Å². The van der Waals surface area contributed by atoms with Crippen LogP contribution in [0.15, 0.2) is 48.5 Å². The maximum absolute atomic E-state index is 12.4. The number of aromatic nitrogens is 2. The van der Waals surface area contributed by atoms with E-state index in [1.165, 1.54) is 5.56 Å². The molecule has 1 unspecified atom stereocenters. The summed E-state index contributed by atoms with van der Waals surface area (Å²) in [5, 5.41) is 7.10. The Kier molecular flexibility index (Phi) is 4.93. The van der Waals surface area contributed by atoms with Crippen molar-refractivity contribution in [3.05, 3.63) is 59.9 Å². The second-order valence-corrected chi connectivity index (χ2v) is 6.19. The summed E-state index contributed by atoms with van der Waals surface area (Å²) in [6.45, 7) is 6.03. The van der Waals surface area contributed by atoms with Crippen molar-refractivity contribution in [2.24, 2.45) is 0 Å². The standard InChI is InChI=1S/C20H22N4O/c1-4-14(3)21-20(25)19-23-17-8-6-5-7-16(17)18(24-19)22-15-11-9-13(2)10-12-15/h5-12,14H,4H2,1-3H3,(H,21,25)(H,22,23,24). The quantitative estimate of drug-likeness (QED) is 0.733. The largest absolute Gasteiger partial charge is 0.347 e. The molecule has 0 aliphatic heterocycles. The highest BCUT2D eigenvalue weighted by atomic mass is 16.2. The van der Waals surface area contributed by atoms with Crippen molar-refractivity contribution in [2.45, 2.75) is 33.2 Å². The van der Waals surface area contributed by atoms with Crippen LogP contribution in [0.5, 0.6) is 0 Å². The number of rotatable bonds is 5. The van der Waals surface area contributed by atoms with E-state index in [1.807, 2.05) is 69.3 Å². The molecule has 0 saturated heterocycles. The average Bonchev–Trinajstić information content (AvgIpc) is 2.63. The third-order valence-corrected chi connectivity index (χ3v) is 4.11. The fourth-order valence-corrected chi connectivity index (χ4v) is 2.44. The van der Waals surface area contributed by atoms with Gasteiger partial charge in [-0.05, 0) is 44.5 Å². The van der Waals surface area contributed by atoms with E-state index < -0.39 is 0 Å². The SMILES string of the molecule is CCC(C)NC(=O)c1nc(Nc2ccc(C)cc2)c2ccccc2n1. The Morgan fingerprint density at radius 3 is 2.52 bits per heavy atom. The molecule has 1 atom stereocenters. The van der Waals surface area contributed by atoms with Gasteiger partial charge in [0.1, 0.15) is 5.82 Å². The number of aryl methyl sites for hydroxylation is 1. The van der Waals surface area contributed by atoms with Crippen molar-refractivity contribution in [2.75, 3.05) is 5.32 Å². The number of nitrogens with zero attached hydrogens (tertiary/aromatic N) is 2. The number of hydrogen-bond donors (Lipinski definition) is 2. The first-order valence-corrected chi connectivity index (χ1v) is 8.48. The van der Waals surface area contributed by atoms with Gasteiger partial charge in [-0.15, -0.1) is 0 Å². The number of fused-ring (bicyclic) bond motifs is 1. The minimum Gasteiger partial charge on any atom is -0.347 e. The summed E-state index contributed by atoms with van der Waals surface area (Å²) in [6.07, 6.45) is 0.855. The molecule has 2 N–H and O–H groups in total. The van der Waals surface area contributed by atoms with Gasteiger partial charge in [0.25, 0.3) is 5.91 Å². The van der Waals surface area contributed by atoms with Gasteiger partial charge in [0, 0.05) is 17.1 Å². The Morgan fingerprint density at radius 1 is 1.08 bits per heavy atom. The minimum atomic E-state index is -0.257. The summed E-state index contributed by atoms with van der Waals surface area (Å²) in [5.74, 6) is 0.546. The molecule has 128 valence electrons. The van der Waals surface area contributed by atoms with Crippen molar-refractivity contribution in [3.8, 4) is 0 Å². The van der Waals surface area contributed by atoms with Gasteiger partial charge >= 0.3 is 0 Å². The molecule has 1 aromatic heterocycles. The lowest BCUT2D eigenvalue weighted by molar-refractivity contribution is 0.0929. The molecule has 0 spiro atoms. The maximum Gasteiger partial charge on any atom is 0.289 e. The van der Waals surface area contributed by atoms with Crippen LogP contribution in [0.1, 0.15) is 36.5 Å². The molecule has 0 bridgehead atoms. The summed E-state index contributed by atoms with van der Waals surface area (Å²) < 4.78 is 0. The molecule has 0 aliphatic carbocycles. The third kappa shape index (κ3) is 3.94. The highest BCUT2D eigenvalue weighted by Gasteiger charge is 2.15. The number of carbonyl (C=O) groups is 1. The number of hydrogen-bond acceptors (Lipinski definition) is 4. The van der Waals surface area contributed by atoms with Crippen LogP contribution in [0.2, 0.25) is 0 Å². The number of para-hydroxylation sites is 1. The van der Waals surface area contributed by atoms with Crippen LogP contribution in [0, 0.1) is 6.92 Å². The molecule has 0 aliphatic rings. The summed E-state index contributed by atoms with van der Waals surface area (Å²) >= 11 is 0. The van der Waals surface area contributed by atoms with E-state index >= 15 is 0 Å². The molecule has 3 aromatic rings. The third-order valence-electron chi connectivity index (χ3n) is 4.11. The number of benzene rings is 2. The van der Waals surface area contributed by atoms with Crippen LogP contribution in [0.3, 0.4) is 0 Å². The van der Waals surface area contributed by atoms with Gasteiger partial charge in [-0.2, -0.15) is 0 Å². The Morgan fingerprint density at radius 2 is 1.80 bits per heavy atom. The topological polar surface area (TPSA) is 66.9 Å². The Balaban J connectivity index is 2.00. The van der Waals surface area contributed by atoms with Crippen LogP contribution in [-0.2, 0) is 0 Å². The fraction of sp³-hybridized carbons (Fsp3) is 0.250. The van der Waals surface area contributed by atoms with Gasteiger partial charge in [-0.1, -0.05) is 36.8 Å². The molecule has 5 nitrogen and oxygen atoms in total. The lowest BCUT2D eigenvalue weighted by Crippen LogP contribution is -2.33. The second kappa shape index (κ2) is 7.30. The summed E-state index contributed by atoms with van der Waals surface area (Å²) in [4.78, 5) is 21.3. The number of anilines is 2. The van der Waals surface area contributed by atoms with Gasteiger partial charge in [-0.25, -0.2) is 9.97 Å². The fourth-order valence-electron chi connectivity index (χ4n) is 2.44. The van der Waals surface area contributed by atoms with Gasteiger partial charge in [0.2, 0.25) is 5.82 Å². The monoisotopic (exact) mass is 334 g/mol. The number of carbonyl (C=O) groups excluding carboxylic acids is 1. The Labute approximate surface area is 147 Å². The summed E-state index contributed by atoms with van der Waals surface area (Å²) in [5.41, 5.74) is 2.84. The van der Waals surface area contributed by atoms with Crippen molar-refractivity contribution in [3.63, 3.8) is 0 Å². The summed E-state index contributed by atoms with van der Waals surface area (Å²) in [7, 11) is 0. The van der Waals surface area contributed by atoms with Gasteiger partial charge in [0.05, 0.1) is 5.52 Å². The molecular weight excluding hydrogens is 312 g/mol. The van der Waals surface area contributed by atoms with Crippen LogP contribution in [-0.4, -0.2) is 21.9 Å². The Hall–Kier alpha value is -2.95. The van der Waals surface area contributed by atoms with Crippen LogP contribution < -0.4 is 10.6 Å². The predicted octanol–water partition coefficient (Wildman–Crippen LogP) is 4.21. The van der Waals surface area contributed by atoms with Crippen LogP contribution >= 0.6 is 0 Å². The molecule has 3 rings (SSSR count). The molecular formula is C20H22N4O.